The van der Waals surface area contributed by atoms with Gasteiger partial charge in [0.25, 0.3) is 0 Å². The Hall–Kier alpha value is -2.99. The van der Waals surface area contributed by atoms with Gasteiger partial charge in [0.2, 0.25) is 0 Å². The van der Waals surface area contributed by atoms with Crippen LogP contribution in [0.5, 0.6) is 0 Å². The highest BCUT2D eigenvalue weighted by atomic mass is 32.1. The van der Waals surface area contributed by atoms with Crippen LogP contribution in [0.15, 0.2) is 83.9 Å². The van der Waals surface area contributed by atoms with E-state index >= 15 is 0 Å². The van der Waals surface area contributed by atoms with E-state index in [4.69, 9.17) is 4.99 Å². The Morgan fingerprint density at radius 3 is 2.44 bits per heavy atom. The first-order valence-corrected chi connectivity index (χ1v) is 12.9. The SMILES string of the molecule is CN1CCN(Cc2ccc(C3(C)N=C(c4cc5ccccc5s4)c4ccccc4N3)cc2)CC1. The van der Waals surface area contributed by atoms with Crippen LogP contribution in [0.3, 0.4) is 0 Å². The maximum Gasteiger partial charge on any atom is 0.153 e. The van der Waals surface area contributed by atoms with E-state index in [2.05, 4.69) is 108 Å². The Morgan fingerprint density at radius 1 is 0.912 bits per heavy atom. The number of nitrogens with zero attached hydrogens (tertiary/aromatic N) is 3. The quantitative estimate of drug-likeness (QED) is 0.413. The molecule has 5 heteroatoms. The summed E-state index contributed by atoms with van der Waals surface area (Å²) in [5.41, 5.74) is 5.39. The second-order valence-corrected chi connectivity index (χ2v) is 10.7. The average molecular weight is 467 g/mol. The van der Waals surface area contributed by atoms with Gasteiger partial charge < -0.3 is 10.2 Å². The number of likely N-dealkylation sites (N-methyl/N-ethyl adjacent to an activating group) is 1. The minimum Gasteiger partial charge on any atom is -0.357 e. The molecule has 2 aliphatic rings. The van der Waals surface area contributed by atoms with E-state index in [-0.39, 0.29) is 0 Å². The second kappa shape index (κ2) is 8.66. The molecule has 6 rings (SSSR count). The number of benzene rings is 3. The van der Waals surface area contributed by atoms with E-state index in [1.807, 2.05) is 11.3 Å². The summed E-state index contributed by atoms with van der Waals surface area (Å²) in [6.07, 6.45) is 0. The van der Waals surface area contributed by atoms with Gasteiger partial charge in [0.05, 0.1) is 10.6 Å². The van der Waals surface area contributed by atoms with Crippen molar-refractivity contribution in [3.63, 3.8) is 0 Å². The van der Waals surface area contributed by atoms with E-state index in [9.17, 15) is 0 Å². The van der Waals surface area contributed by atoms with E-state index < -0.39 is 5.66 Å². The lowest BCUT2D eigenvalue weighted by Crippen LogP contribution is -2.43. The Balaban J connectivity index is 1.33. The molecule has 0 bridgehead atoms. The van der Waals surface area contributed by atoms with Gasteiger partial charge in [-0.2, -0.15) is 0 Å². The van der Waals surface area contributed by atoms with Gasteiger partial charge in [-0.15, -0.1) is 11.3 Å². The van der Waals surface area contributed by atoms with Gasteiger partial charge in [-0.25, -0.2) is 0 Å². The van der Waals surface area contributed by atoms with Crippen LogP contribution in [0, 0.1) is 0 Å². The summed E-state index contributed by atoms with van der Waals surface area (Å²) < 4.78 is 1.30. The summed E-state index contributed by atoms with van der Waals surface area (Å²) >= 11 is 1.82. The number of rotatable bonds is 4. The van der Waals surface area contributed by atoms with Crippen molar-refractivity contribution in [1.82, 2.24) is 9.80 Å². The number of para-hydroxylation sites is 1. The van der Waals surface area contributed by atoms with E-state index in [1.54, 1.807) is 0 Å². The maximum absolute atomic E-state index is 5.34. The van der Waals surface area contributed by atoms with Crippen molar-refractivity contribution in [2.45, 2.75) is 19.1 Å². The number of fused-ring (bicyclic) bond motifs is 2. The second-order valence-electron chi connectivity index (χ2n) is 9.63. The molecule has 0 saturated carbocycles. The van der Waals surface area contributed by atoms with Crippen LogP contribution in [0.2, 0.25) is 0 Å². The van der Waals surface area contributed by atoms with E-state index in [1.165, 1.54) is 31.7 Å². The number of anilines is 1. The lowest BCUT2D eigenvalue weighted by Gasteiger charge is -2.35. The van der Waals surface area contributed by atoms with Gasteiger partial charge >= 0.3 is 0 Å². The van der Waals surface area contributed by atoms with Crippen LogP contribution in [-0.2, 0) is 12.2 Å². The molecule has 1 fully saturated rings. The average Bonchev–Trinajstić information content (AvgIpc) is 3.30. The Labute approximate surface area is 205 Å². The fourth-order valence-corrected chi connectivity index (χ4v) is 6.06. The fraction of sp³-hybridized carbons (Fsp3) is 0.276. The molecule has 4 nitrogen and oxygen atoms in total. The molecule has 3 aromatic carbocycles. The monoisotopic (exact) mass is 466 g/mol. The first-order chi connectivity index (χ1) is 16.6. The van der Waals surface area contributed by atoms with Crippen molar-refractivity contribution in [2.75, 3.05) is 38.5 Å². The van der Waals surface area contributed by atoms with Crippen LogP contribution in [-0.4, -0.2) is 48.7 Å². The molecule has 34 heavy (non-hydrogen) atoms. The van der Waals surface area contributed by atoms with Crippen LogP contribution < -0.4 is 5.32 Å². The molecule has 1 atom stereocenters. The largest absolute Gasteiger partial charge is 0.357 e. The van der Waals surface area contributed by atoms with Crippen molar-refractivity contribution in [1.29, 1.82) is 0 Å². The lowest BCUT2D eigenvalue weighted by molar-refractivity contribution is 0.148. The first-order valence-electron chi connectivity index (χ1n) is 12.0. The van der Waals surface area contributed by atoms with Gasteiger partial charge in [0, 0.05) is 48.7 Å². The molecule has 1 N–H and O–H groups in total. The normalized spacial score (nSPS) is 21.2. The van der Waals surface area contributed by atoms with Crippen molar-refractivity contribution >= 4 is 32.8 Å². The third-order valence-electron chi connectivity index (χ3n) is 7.07. The summed E-state index contributed by atoms with van der Waals surface area (Å²) in [5.74, 6) is 0. The molecule has 0 amide bonds. The molecule has 3 heterocycles. The van der Waals surface area contributed by atoms with Crippen LogP contribution >= 0.6 is 11.3 Å². The molecule has 0 aliphatic carbocycles. The Bertz CT molecular complexity index is 1320. The summed E-state index contributed by atoms with van der Waals surface area (Å²) in [5, 5.41) is 5.00. The van der Waals surface area contributed by atoms with Gasteiger partial charge in [-0.05, 0) is 48.7 Å². The topological polar surface area (TPSA) is 30.9 Å². The Morgan fingerprint density at radius 2 is 1.65 bits per heavy atom. The summed E-state index contributed by atoms with van der Waals surface area (Å²) in [4.78, 5) is 11.5. The minimum absolute atomic E-state index is 0.522. The number of piperazine rings is 1. The molecule has 4 aromatic rings. The number of hydrogen-bond donors (Lipinski definition) is 1. The fourth-order valence-electron chi connectivity index (χ4n) is 4.99. The highest BCUT2D eigenvalue weighted by molar-refractivity contribution is 7.21. The third-order valence-corrected chi connectivity index (χ3v) is 8.20. The standard InChI is InChI=1S/C29H30N4S/c1-29(23-13-11-21(12-14-23)20-33-17-15-32(2)16-18-33)30-25-9-5-4-8-24(25)28(31-29)27-19-22-7-3-6-10-26(22)34-27/h3-14,19,30H,15-18,20H2,1-2H3. The van der Waals surface area contributed by atoms with Crippen LogP contribution in [0.1, 0.15) is 28.5 Å². The van der Waals surface area contributed by atoms with Gasteiger partial charge in [0.1, 0.15) is 0 Å². The first kappa shape index (κ1) is 21.5. The van der Waals surface area contributed by atoms with Gasteiger partial charge in [0.15, 0.2) is 5.66 Å². The molecule has 1 aromatic heterocycles. The molecular formula is C29H30N4S. The number of hydrogen-bond acceptors (Lipinski definition) is 5. The number of thiophene rings is 1. The highest BCUT2D eigenvalue weighted by Gasteiger charge is 2.33. The predicted octanol–water partition coefficient (Wildman–Crippen LogP) is 5.78. The number of aliphatic imine (C=N–C) groups is 1. The maximum atomic E-state index is 5.34. The summed E-state index contributed by atoms with van der Waals surface area (Å²) in [6, 6.07) is 28.4. The summed E-state index contributed by atoms with van der Waals surface area (Å²) in [7, 11) is 2.20. The van der Waals surface area contributed by atoms with Crippen LogP contribution in [0.25, 0.3) is 10.1 Å². The Kier molecular flexibility index (Phi) is 5.48. The van der Waals surface area contributed by atoms with Gasteiger partial charge in [-0.1, -0.05) is 60.7 Å². The molecule has 1 unspecified atom stereocenters. The highest BCUT2D eigenvalue weighted by Crippen LogP contribution is 2.38. The molecular weight excluding hydrogens is 436 g/mol. The molecule has 1 saturated heterocycles. The van der Waals surface area contributed by atoms with Crippen molar-refractivity contribution in [3.8, 4) is 0 Å². The zero-order valence-corrected chi connectivity index (χ0v) is 20.6. The molecule has 0 spiro atoms. The zero-order valence-electron chi connectivity index (χ0n) is 19.8. The van der Waals surface area contributed by atoms with Crippen molar-refractivity contribution in [3.05, 3.63) is 100 Å². The minimum atomic E-state index is -0.522. The molecule has 2 aliphatic heterocycles. The lowest BCUT2D eigenvalue weighted by atomic mass is 9.94. The third kappa shape index (κ3) is 4.05. The predicted molar refractivity (Wildman–Crippen MR) is 144 cm³/mol. The van der Waals surface area contributed by atoms with Gasteiger partial charge in [-0.3, -0.25) is 9.89 Å². The van der Waals surface area contributed by atoms with E-state index in [0.29, 0.717) is 0 Å². The molecule has 0 radical (unpaired) electrons. The molecule has 172 valence electrons. The smallest absolute Gasteiger partial charge is 0.153 e. The van der Waals surface area contributed by atoms with E-state index in [0.717, 1.165) is 44.1 Å². The van der Waals surface area contributed by atoms with Crippen LogP contribution in [0.4, 0.5) is 5.69 Å². The zero-order chi connectivity index (χ0) is 23.1. The van der Waals surface area contributed by atoms with Crippen molar-refractivity contribution < 1.29 is 0 Å². The summed E-state index contributed by atoms with van der Waals surface area (Å²) in [6.45, 7) is 7.76. The van der Waals surface area contributed by atoms with Crippen molar-refractivity contribution in [2.24, 2.45) is 4.99 Å². The number of nitrogens with one attached hydrogen (secondary N) is 1.